The Labute approximate surface area is 120 Å². The normalized spacial score (nSPS) is 15.2. The fourth-order valence-electron chi connectivity index (χ4n) is 2.38. The molecule has 0 radical (unpaired) electrons. The molecule has 0 spiro atoms. The van der Waals surface area contributed by atoms with Gasteiger partial charge < -0.3 is 5.32 Å². The van der Waals surface area contributed by atoms with E-state index in [1.54, 1.807) is 19.3 Å². The minimum Gasteiger partial charge on any atom is -0.309 e. The number of sulfone groups is 1. The Bertz CT molecular complexity index is 693. The minimum atomic E-state index is -3.13. The van der Waals surface area contributed by atoms with Gasteiger partial charge in [-0.1, -0.05) is 31.2 Å². The molecule has 108 valence electrons. The summed E-state index contributed by atoms with van der Waals surface area (Å²) in [5.41, 5.74) is 0.933. The third kappa shape index (κ3) is 2.99. The Balaban J connectivity index is 2.58. The SMILES string of the molecule is CCNC(c1cncc2ccccc12)C(C)S(C)(=O)=O. The fourth-order valence-corrected chi connectivity index (χ4v) is 3.12. The predicted molar refractivity (Wildman–Crippen MR) is 82.5 cm³/mol. The van der Waals surface area contributed by atoms with Gasteiger partial charge in [0.25, 0.3) is 0 Å². The van der Waals surface area contributed by atoms with Crippen LogP contribution in [0, 0.1) is 0 Å². The first kappa shape index (κ1) is 14.9. The van der Waals surface area contributed by atoms with Crippen molar-refractivity contribution in [3.8, 4) is 0 Å². The molecule has 0 aliphatic heterocycles. The van der Waals surface area contributed by atoms with Crippen LogP contribution in [0.2, 0.25) is 0 Å². The zero-order valence-electron chi connectivity index (χ0n) is 12.0. The Morgan fingerprint density at radius 2 is 1.95 bits per heavy atom. The number of fused-ring (bicyclic) bond motifs is 1. The van der Waals surface area contributed by atoms with Crippen LogP contribution in [0.1, 0.15) is 25.5 Å². The number of nitrogens with one attached hydrogen (secondary N) is 1. The number of rotatable bonds is 5. The van der Waals surface area contributed by atoms with Crippen molar-refractivity contribution in [3.05, 3.63) is 42.2 Å². The summed E-state index contributed by atoms with van der Waals surface area (Å²) in [5, 5.41) is 4.84. The zero-order chi connectivity index (χ0) is 14.8. The highest BCUT2D eigenvalue weighted by Gasteiger charge is 2.28. The summed E-state index contributed by atoms with van der Waals surface area (Å²) < 4.78 is 23.8. The lowest BCUT2D eigenvalue weighted by Crippen LogP contribution is -2.35. The van der Waals surface area contributed by atoms with E-state index in [0.717, 1.165) is 16.3 Å². The third-order valence-electron chi connectivity index (χ3n) is 3.60. The van der Waals surface area contributed by atoms with E-state index in [9.17, 15) is 8.42 Å². The van der Waals surface area contributed by atoms with E-state index in [0.29, 0.717) is 6.54 Å². The second kappa shape index (κ2) is 5.89. The molecule has 0 aliphatic rings. The van der Waals surface area contributed by atoms with E-state index >= 15 is 0 Å². The molecular formula is C15H20N2O2S. The van der Waals surface area contributed by atoms with E-state index in [-0.39, 0.29) is 6.04 Å². The summed E-state index contributed by atoms with van der Waals surface area (Å²) in [6.07, 6.45) is 4.84. The maximum atomic E-state index is 11.9. The monoisotopic (exact) mass is 292 g/mol. The van der Waals surface area contributed by atoms with Crippen LogP contribution in [0.15, 0.2) is 36.7 Å². The molecule has 0 bridgehead atoms. The molecule has 2 aromatic rings. The average Bonchev–Trinajstić information content (AvgIpc) is 2.42. The third-order valence-corrected chi connectivity index (χ3v) is 5.23. The van der Waals surface area contributed by atoms with Gasteiger partial charge in [0, 0.05) is 24.0 Å². The molecule has 1 N–H and O–H groups in total. The molecule has 0 aliphatic carbocycles. The summed E-state index contributed by atoms with van der Waals surface area (Å²) in [5.74, 6) is 0. The molecule has 0 saturated carbocycles. The number of benzene rings is 1. The summed E-state index contributed by atoms with van der Waals surface area (Å²) in [6.45, 7) is 4.42. The highest BCUT2D eigenvalue weighted by atomic mass is 32.2. The molecule has 1 heterocycles. The summed E-state index contributed by atoms with van der Waals surface area (Å²) in [6, 6.07) is 7.65. The van der Waals surface area contributed by atoms with Crippen LogP contribution < -0.4 is 5.32 Å². The van der Waals surface area contributed by atoms with Gasteiger partial charge in [-0.2, -0.15) is 0 Å². The van der Waals surface area contributed by atoms with Crippen molar-refractivity contribution in [1.29, 1.82) is 0 Å². The number of nitrogens with zero attached hydrogens (tertiary/aromatic N) is 1. The molecule has 0 saturated heterocycles. The molecule has 1 aromatic heterocycles. The molecule has 5 heteroatoms. The van der Waals surface area contributed by atoms with Crippen LogP contribution in [0.4, 0.5) is 0 Å². The molecule has 20 heavy (non-hydrogen) atoms. The van der Waals surface area contributed by atoms with Crippen LogP contribution in [-0.2, 0) is 9.84 Å². The Morgan fingerprint density at radius 3 is 2.60 bits per heavy atom. The predicted octanol–water partition coefficient (Wildman–Crippen LogP) is 2.32. The van der Waals surface area contributed by atoms with E-state index in [2.05, 4.69) is 10.3 Å². The number of aromatic nitrogens is 1. The van der Waals surface area contributed by atoms with E-state index in [1.807, 2.05) is 31.2 Å². The number of hydrogen-bond acceptors (Lipinski definition) is 4. The number of pyridine rings is 1. The lowest BCUT2D eigenvalue weighted by Gasteiger charge is -2.25. The van der Waals surface area contributed by atoms with Crippen molar-refractivity contribution < 1.29 is 8.42 Å². The molecule has 0 fully saturated rings. The van der Waals surface area contributed by atoms with Gasteiger partial charge in [0.2, 0.25) is 0 Å². The van der Waals surface area contributed by atoms with Crippen molar-refractivity contribution in [3.63, 3.8) is 0 Å². The van der Waals surface area contributed by atoms with Gasteiger partial charge in [0.15, 0.2) is 9.84 Å². The van der Waals surface area contributed by atoms with Crippen LogP contribution in [0.3, 0.4) is 0 Å². The summed E-state index contributed by atoms with van der Waals surface area (Å²) in [7, 11) is -3.13. The van der Waals surface area contributed by atoms with Crippen molar-refractivity contribution in [1.82, 2.24) is 10.3 Å². The van der Waals surface area contributed by atoms with Crippen LogP contribution in [-0.4, -0.2) is 31.5 Å². The lowest BCUT2D eigenvalue weighted by atomic mass is 9.99. The lowest BCUT2D eigenvalue weighted by molar-refractivity contribution is 0.514. The molecule has 4 nitrogen and oxygen atoms in total. The van der Waals surface area contributed by atoms with Gasteiger partial charge in [0.1, 0.15) is 0 Å². The quantitative estimate of drug-likeness (QED) is 0.919. The van der Waals surface area contributed by atoms with Crippen molar-refractivity contribution in [2.45, 2.75) is 25.1 Å². The van der Waals surface area contributed by atoms with Crippen LogP contribution in [0.25, 0.3) is 10.8 Å². The van der Waals surface area contributed by atoms with Gasteiger partial charge >= 0.3 is 0 Å². The topological polar surface area (TPSA) is 59.1 Å². The standard InChI is InChI=1S/C15H20N2O2S/c1-4-17-15(11(2)20(3,18)19)14-10-16-9-12-7-5-6-8-13(12)14/h5-11,15,17H,4H2,1-3H3. The Morgan fingerprint density at radius 1 is 1.25 bits per heavy atom. The van der Waals surface area contributed by atoms with Crippen LogP contribution >= 0.6 is 0 Å². The minimum absolute atomic E-state index is 0.256. The maximum Gasteiger partial charge on any atom is 0.151 e. The summed E-state index contributed by atoms with van der Waals surface area (Å²) >= 11 is 0. The van der Waals surface area contributed by atoms with Crippen molar-refractivity contribution in [2.75, 3.05) is 12.8 Å². The fraction of sp³-hybridized carbons (Fsp3) is 0.400. The highest BCUT2D eigenvalue weighted by Crippen LogP contribution is 2.27. The Hall–Kier alpha value is -1.46. The van der Waals surface area contributed by atoms with Gasteiger partial charge in [-0.25, -0.2) is 8.42 Å². The second-order valence-electron chi connectivity index (χ2n) is 5.02. The van der Waals surface area contributed by atoms with Crippen molar-refractivity contribution in [2.24, 2.45) is 0 Å². The molecule has 1 aromatic carbocycles. The first-order chi connectivity index (χ1) is 9.45. The maximum absolute atomic E-state index is 11.9. The van der Waals surface area contributed by atoms with E-state index < -0.39 is 15.1 Å². The van der Waals surface area contributed by atoms with E-state index in [1.165, 1.54) is 6.26 Å². The van der Waals surface area contributed by atoms with Gasteiger partial charge in [-0.05, 0) is 24.4 Å². The first-order valence-electron chi connectivity index (χ1n) is 6.70. The zero-order valence-corrected chi connectivity index (χ0v) is 12.8. The molecule has 2 rings (SSSR count). The smallest absolute Gasteiger partial charge is 0.151 e. The molecule has 2 unspecified atom stereocenters. The van der Waals surface area contributed by atoms with Gasteiger partial charge in [-0.3, -0.25) is 4.98 Å². The van der Waals surface area contributed by atoms with Gasteiger partial charge in [0.05, 0.1) is 11.3 Å². The molecular weight excluding hydrogens is 272 g/mol. The average molecular weight is 292 g/mol. The highest BCUT2D eigenvalue weighted by molar-refractivity contribution is 7.91. The largest absolute Gasteiger partial charge is 0.309 e. The first-order valence-corrected chi connectivity index (χ1v) is 8.65. The summed E-state index contributed by atoms with van der Waals surface area (Å²) in [4.78, 5) is 4.25. The van der Waals surface area contributed by atoms with Gasteiger partial charge in [-0.15, -0.1) is 0 Å². The van der Waals surface area contributed by atoms with Crippen LogP contribution in [0.5, 0.6) is 0 Å². The molecule has 0 amide bonds. The Kier molecular flexibility index (Phi) is 4.40. The van der Waals surface area contributed by atoms with Crippen molar-refractivity contribution >= 4 is 20.6 Å². The number of hydrogen-bond donors (Lipinski definition) is 1. The van der Waals surface area contributed by atoms with E-state index in [4.69, 9.17) is 0 Å². The second-order valence-corrected chi connectivity index (χ2v) is 7.42. The molecule has 2 atom stereocenters.